The van der Waals surface area contributed by atoms with Gasteiger partial charge in [0.1, 0.15) is 6.04 Å². The fraction of sp³-hybridized carbons (Fsp3) is 0.471. The zero-order valence-electron chi connectivity index (χ0n) is 14.5. The Morgan fingerprint density at radius 3 is 2.70 bits per heavy atom. The maximum absolute atomic E-state index is 12.5. The number of sulfone groups is 1. The second-order valence-electron chi connectivity index (χ2n) is 6.72. The van der Waals surface area contributed by atoms with Gasteiger partial charge in [-0.2, -0.15) is 0 Å². The summed E-state index contributed by atoms with van der Waals surface area (Å²) >= 11 is 6.07. The summed E-state index contributed by atoms with van der Waals surface area (Å²) in [6.45, 7) is 0.0625. The third-order valence-corrected chi connectivity index (χ3v) is 6.79. The third-order valence-electron chi connectivity index (χ3n) is 4.65. The summed E-state index contributed by atoms with van der Waals surface area (Å²) in [5.74, 6) is -0.713. The lowest BCUT2D eigenvalue weighted by atomic mass is 10.1. The van der Waals surface area contributed by atoms with Crippen LogP contribution in [0.4, 0.5) is 4.79 Å². The Kier molecular flexibility index (Phi) is 5.71. The minimum absolute atomic E-state index is 0.0210. The first-order chi connectivity index (χ1) is 12.7. The van der Waals surface area contributed by atoms with Gasteiger partial charge in [0.15, 0.2) is 9.84 Å². The molecular formula is C17H20ClN3O5S. The summed E-state index contributed by atoms with van der Waals surface area (Å²) in [6.07, 6.45) is 0.570. The summed E-state index contributed by atoms with van der Waals surface area (Å²) < 4.78 is 22.8. The molecule has 0 saturated carbocycles. The highest BCUT2D eigenvalue weighted by Gasteiger charge is 2.38. The number of nitrogens with zero attached hydrogens (tertiary/aromatic N) is 1. The molecule has 3 rings (SSSR count). The van der Waals surface area contributed by atoms with Crippen LogP contribution in [0.5, 0.6) is 0 Å². The zero-order chi connectivity index (χ0) is 19.6. The van der Waals surface area contributed by atoms with Crippen molar-refractivity contribution in [3.63, 3.8) is 0 Å². The number of rotatable bonds is 6. The van der Waals surface area contributed by atoms with Gasteiger partial charge in [-0.15, -0.1) is 0 Å². The molecule has 0 radical (unpaired) electrons. The average Bonchev–Trinajstić information content (AvgIpc) is 3.07. The highest BCUT2D eigenvalue weighted by molar-refractivity contribution is 7.91. The first-order valence-corrected chi connectivity index (χ1v) is 10.8. The molecule has 2 aliphatic rings. The molecular weight excluding hydrogens is 394 g/mol. The van der Waals surface area contributed by atoms with Crippen LogP contribution in [0.1, 0.15) is 24.8 Å². The maximum atomic E-state index is 12.5. The van der Waals surface area contributed by atoms with Crippen LogP contribution in [0.25, 0.3) is 0 Å². The SMILES string of the molecule is O=C(CC[C@@H]1NC(=O)N(Cc2ccccc2Cl)C1=O)N[C@H]1CCS(=O)(=O)C1. The molecule has 1 aromatic rings. The number of imide groups is 1. The summed E-state index contributed by atoms with van der Waals surface area (Å²) in [6, 6.07) is 5.26. The van der Waals surface area contributed by atoms with Crippen LogP contribution in [0, 0.1) is 0 Å². The Labute approximate surface area is 162 Å². The molecule has 2 N–H and O–H groups in total. The van der Waals surface area contributed by atoms with Gasteiger partial charge in [0, 0.05) is 17.5 Å². The van der Waals surface area contributed by atoms with E-state index in [4.69, 9.17) is 11.6 Å². The van der Waals surface area contributed by atoms with Gasteiger partial charge >= 0.3 is 6.03 Å². The van der Waals surface area contributed by atoms with Crippen LogP contribution in [0.3, 0.4) is 0 Å². The van der Waals surface area contributed by atoms with Gasteiger partial charge in [0.2, 0.25) is 5.91 Å². The number of nitrogens with one attached hydrogen (secondary N) is 2. The first kappa shape index (κ1) is 19.6. The Hall–Kier alpha value is -2.13. The van der Waals surface area contributed by atoms with Crippen molar-refractivity contribution >= 4 is 39.3 Å². The lowest BCUT2D eigenvalue weighted by molar-refractivity contribution is -0.128. The average molecular weight is 414 g/mol. The van der Waals surface area contributed by atoms with E-state index in [-0.39, 0.29) is 42.8 Å². The van der Waals surface area contributed by atoms with Crippen molar-refractivity contribution < 1.29 is 22.8 Å². The molecule has 27 heavy (non-hydrogen) atoms. The molecule has 2 heterocycles. The van der Waals surface area contributed by atoms with E-state index in [0.29, 0.717) is 17.0 Å². The van der Waals surface area contributed by atoms with Crippen molar-refractivity contribution in [2.45, 2.75) is 37.9 Å². The van der Waals surface area contributed by atoms with E-state index >= 15 is 0 Å². The predicted octanol–water partition coefficient (Wildman–Crippen LogP) is 0.844. The monoisotopic (exact) mass is 413 g/mol. The predicted molar refractivity (Wildman–Crippen MR) is 98.8 cm³/mol. The van der Waals surface area contributed by atoms with Crippen LogP contribution in [0.2, 0.25) is 5.02 Å². The smallest absolute Gasteiger partial charge is 0.325 e. The number of carbonyl (C=O) groups excluding carboxylic acids is 3. The molecule has 0 bridgehead atoms. The van der Waals surface area contributed by atoms with Crippen molar-refractivity contribution in [3.05, 3.63) is 34.9 Å². The van der Waals surface area contributed by atoms with E-state index in [9.17, 15) is 22.8 Å². The van der Waals surface area contributed by atoms with Crippen LogP contribution >= 0.6 is 11.6 Å². The molecule has 2 aliphatic heterocycles. The van der Waals surface area contributed by atoms with Gasteiger partial charge in [-0.1, -0.05) is 29.8 Å². The second kappa shape index (κ2) is 7.85. The van der Waals surface area contributed by atoms with Crippen LogP contribution < -0.4 is 10.6 Å². The molecule has 0 unspecified atom stereocenters. The van der Waals surface area contributed by atoms with E-state index in [1.54, 1.807) is 24.3 Å². The van der Waals surface area contributed by atoms with E-state index < -0.39 is 27.8 Å². The zero-order valence-corrected chi connectivity index (χ0v) is 16.1. The molecule has 2 atom stereocenters. The van der Waals surface area contributed by atoms with Gasteiger partial charge < -0.3 is 10.6 Å². The van der Waals surface area contributed by atoms with Crippen molar-refractivity contribution in [2.75, 3.05) is 11.5 Å². The minimum atomic E-state index is -3.07. The Balaban J connectivity index is 1.51. The van der Waals surface area contributed by atoms with Crippen LogP contribution in [-0.4, -0.2) is 54.8 Å². The molecule has 2 saturated heterocycles. The minimum Gasteiger partial charge on any atom is -0.352 e. The number of urea groups is 1. The quantitative estimate of drug-likeness (QED) is 0.671. The number of hydrogen-bond donors (Lipinski definition) is 2. The van der Waals surface area contributed by atoms with Gasteiger partial charge in [-0.05, 0) is 24.5 Å². The van der Waals surface area contributed by atoms with Crippen LogP contribution in [-0.2, 0) is 26.0 Å². The first-order valence-electron chi connectivity index (χ1n) is 8.60. The lowest BCUT2D eigenvalue weighted by Crippen LogP contribution is -2.37. The molecule has 8 nitrogen and oxygen atoms in total. The van der Waals surface area contributed by atoms with Crippen molar-refractivity contribution in [1.82, 2.24) is 15.5 Å². The standard InChI is InChI=1S/C17H20ClN3O5S/c18-13-4-2-1-3-11(13)9-21-16(23)14(20-17(21)24)5-6-15(22)19-12-7-8-27(25,26)10-12/h1-4,12,14H,5-10H2,(H,19,22)(H,20,24)/t12-,14-/m0/s1. The van der Waals surface area contributed by atoms with E-state index in [1.165, 1.54) is 0 Å². The number of carbonyl (C=O) groups is 3. The molecule has 1 aromatic carbocycles. The fourth-order valence-electron chi connectivity index (χ4n) is 3.20. The third kappa shape index (κ3) is 4.78. The van der Waals surface area contributed by atoms with E-state index in [0.717, 1.165) is 4.90 Å². The summed E-state index contributed by atoms with van der Waals surface area (Å²) in [5.41, 5.74) is 0.656. The molecule has 2 fully saturated rings. The maximum Gasteiger partial charge on any atom is 0.325 e. The molecule has 0 spiro atoms. The second-order valence-corrected chi connectivity index (χ2v) is 9.36. The Bertz CT molecular complexity index is 873. The van der Waals surface area contributed by atoms with Gasteiger partial charge in [0.05, 0.1) is 18.1 Å². The van der Waals surface area contributed by atoms with Crippen molar-refractivity contribution in [3.8, 4) is 0 Å². The van der Waals surface area contributed by atoms with Crippen molar-refractivity contribution in [1.29, 1.82) is 0 Å². The summed E-state index contributed by atoms with van der Waals surface area (Å²) in [7, 11) is -3.07. The van der Waals surface area contributed by atoms with Gasteiger partial charge in [-0.25, -0.2) is 13.2 Å². The highest BCUT2D eigenvalue weighted by Crippen LogP contribution is 2.20. The topological polar surface area (TPSA) is 113 Å². The molecule has 146 valence electrons. The fourth-order valence-corrected chi connectivity index (χ4v) is 5.07. The molecule has 4 amide bonds. The van der Waals surface area contributed by atoms with Gasteiger partial charge in [0.25, 0.3) is 5.91 Å². The Morgan fingerprint density at radius 1 is 1.30 bits per heavy atom. The van der Waals surface area contributed by atoms with Crippen molar-refractivity contribution in [2.24, 2.45) is 0 Å². The normalized spacial score (nSPS) is 24.1. The Morgan fingerprint density at radius 2 is 2.04 bits per heavy atom. The van der Waals surface area contributed by atoms with E-state index in [2.05, 4.69) is 10.6 Å². The lowest BCUT2D eigenvalue weighted by Gasteiger charge is -2.14. The summed E-state index contributed by atoms with van der Waals surface area (Å²) in [5, 5.41) is 5.71. The van der Waals surface area contributed by atoms with E-state index in [1.807, 2.05) is 0 Å². The van der Waals surface area contributed by atoms with Gasteiger partial charge in [-0.3, -0.25) is 14.5 Å². The molecule has 0 aliphatic carbocycles. The number of halogens is 1. The van der Waals surface area contributed by atoms with Crippen LogP contribution in [0.15, 0.2) is 24.3 Å². The number of hydrogen-bond acceptors (Lipinski definition) is 5. The number of amides is 4. The number of benzene rings is 1. The molecule has 0 aromatic heterocycles. The largest absolute Gasteiger partial charge is 0.352 e. The summed E-state index contributed by atoms with van der Waals surface area (Å²) in [4.78, 5) is 37.6. The molecule has 10 heteroatoms. The highest BCUT2D eigenvalue weighted by atomic mass is 35.5.